The first kappa shape index (κ1) is 14.8. The lowest BCUT2D eigenvalue weighted by Crippen LogP contribution is -2.19. The van der Waals surface area contributed by atoms with Crippen molar-refractivity contribution >= 4 is 5.78 Å². The average Bonchev–Trinajstić information content (AvgIpc) is 2.38. The van der Waals surface area contributed by atoms with Gasteiger partial charge in [0.1, 0.15) is 0 Å². The molecule has 0 heterocycles. The molecule has 1 aliphatic rings. The molecular formula is C19H24O. The van der Waals surface area contributed by atoms with E-state index in [1.807, 2.05) is 30.3 Å². The molecule has 0 N–H and O–H groups in total. The number of carbonyl (C=O) groups is 1. The third-order valence-electron chi connectivity index (χ3n) is 4.20. The van der Waals surface area contributed by atoms with E-state index in [4.69, 9.17) is 0 Å². The van der Waals surface area contributed by atoms with Crippen molar-refractivity contribution in [1.82, 2.24) is 0 Å². The number of ketones is 1. The van der Waals surface area contributed by atoms with Crippen molar-refractivity contribution < 1.29 is 4.79 Å². The Morgan fingerprint density at radius 3 is 2.60 bits per heavy atom. The zero-order chi connectivity index (χ0) is 14.6. The van der Waals surface area contributed by atoms with Gasteiger partial charge in [0.15, 0.2) is 5.78 Å². The monoisotopic (exact) mass is 268 g/mol. The molecule has 0 bridgehead atoms. The van der Waals surface area contributed by atoms with Crippen LogP contribution in [0.1, 0.15) is 45.6 Å². The highest BCUT2D eigenvalue weighted by molar-refractivity contribution is 5.91. The molecule has 106 valence electrons. The fourth-order valence-corrected chi connectivity index (χ4v) is 3.04. The van der Waals surface area contributed by atoms with E-state index in [0.29, 0.717) is 6.42 Å². The minimum absolute atomic E-state index is 0.179. The van der Waals surface area contributed by atoms with Crippen LogP contribution < -0.4 is 0 Å². The molecule has 1 heteroatoms. The van der Waals surface area contributed by atoms with Crippen LogP contribution in [0.5, 0.6) is 0 Å². The summed E-state index contributed by atoms with van der Waals surface area (Å²) in [6.45, 7) is 6.75. The molecule has 0 aliphatic heterocycles. The molecule has 1 aromatic rings. The van der Waals surface area contributed by atoms with Crippen molar-refractivity contribution in [2.45, 2.75) is 46.5 Å². The second kappa shape index (κ2) is 6.21. The molecule has 0 fully saturated rings. The fourth-order valence-electron chi connectivity index (χ4n) is 3.04. The number of hydrogen-bond acceptors (Lipinski definition) is 1. The Balaban J connectivity index is 2.07. The van der Waals surface area contributed by atoms with Crippen LogP contribution >= 0.6 is 0 Å². The molecule has 0 amide bonds. The van der Waals surface area contributed by atoms with Gasteiger partial charge in [0.25, 0.3) is 0 Å². The molecule has 0 spiro atoms. The Kier molecular flexibility index (Phi) is 4.59. The highest BCUT2D eigenvalue weighted by Gasteiger charge is 2.26. The number of hydrogen-bond donors (Lipinski definition) is 0. The molecule has 0 aromatic heterocycles. The zero-order valence-corrected chi connectivity index (χ0v) is 12.8. The van der Waals surface area contributed by atoms with Crippen LogP contribution in [-0.2, 0) is 11.2 Å². The van der Waals surface area contributed by atoms with Crippen molar-refractivity contribution in [2.24, 2.45) is 5.41 Å². The minimum Gasteiger partial charge on any atom is -0.294 e. The van der Waals surface area contributed by atoms with E-state index in [-0.39, 0.29) is 11.2 Å². The Morgan fingerprint density at radius 2 is 1.95 bits per heavy atom. The molecule has 1 aromatic carbocycles. The van der Waals surface area contributed by atoms with Crippen LogP contribution in [0.4, 0.5) is 0 Å². The summed E-state index contributed by atoms with van der Waals surface area (Å²) in [5, 5.41) is 0. The molecular weight excluding hydrogens is 244 g/mol. The van der Waals surface area contributed by atoms with Crippen LogP contribution in [0.3, 0.4) is 0 Å². The van der Waals surface area contributed by atoms with Gasteiger partial charge in [-0.15, -0.1) is 0 Å². The smallest absolute Gasteiger partial charge is 0.160 e. The van der Waals surface area contributed by atoms with E-state index in [9.17, 15) is 4.79 Å². The summed E-state index contributed by atoms with van der Waals surface area (Å²) in [6.07, 6.45) is 7.93. The molecule has 1 nitrogen and oxygen atoms in total. The third-order valence-corrected chi connectivity index (χ3v) is 4.20. The molecule has 1 aliphatic carbocycles. The molecule has 20 heavy (non-hydrogen) atoms. The van der Waals surface area contributed by atoms with Gasteiger partial charge in [-0.3, -0.25) is 4.79 Å². The van der Waals surface area contributed by atoms with Crippen molar-refractivity contribution in [2.75, 3.05) is 0 Å². The Labute approximate surface area is 122 Å². The Hall–Kier alpha value is -1.63. The standard InChI is InChI=1S/C19H24O/c1-15-8-7-13-19(2,3)18(15)12-11-17(20)14-16-9-5-4-6-10-16/h4-6,9-12H,7-8,13-14H2,1-3H3/b12-11+. The van der Waals surface area contributed by atoms with Crippen LogP contribution in [0.15, 0.2) is 53.6 Å². The SMILES string of the molecule is CC1=C(/C=C/C(=O)Cc2ccccc2)C(C)(C)CCC1. The van der Waals surface area contributed by atoms with Gasteiger partial charge in [-0.2, -0.15) is 0 Å². The van der Waals surface area contributed by atoms with Gasteiger partial charge in [0.05, 0.1) is 0 Å². The topological polar surface area (TPSA) is 17.1 Å². The maximum absolute atomic E-state index is 12.1. The van der Waals surface area contributed by atoms with E-state index < -0.39 is 0 Å². The van der Waals surface area contributed by atoms with Crippen molar-refractivity contribution in [1.29, 1.82) is 0 Å². The maximum Gasteiger partial charge on any atom is 0.160 e. The minimum atomic E-state index is 0.179. The van der Waals surface area contributed by atoms with Crippen LogP contribution in [-0.4, -0.2) is 5.78 Å². The van der Waals surface area contributed by atoms with E-state index >= 15 is 0 Å². The summed E-state index contributed by atoms with van der Waals surface area (Å²) in [6, 6.07) is 9.93. The third kappa shape index (κ3) is 3.69. The van der Waals surface area contributed by atoms with E-state index in [1.54, 1.807) is 6.08 Å². The van der Waals surface area contributed by atoms with Gasteiger partial charge in [0, 0.05) is 6.42 Å². The quantitative estimate of drug-likeness (QED) is 0.711. The molecule has 0 atom stereocenters. The largest absolute Gasteiger partial charge is 0.294 e. The van der Waals surface area contributed by atoms with Crippen LogP contribution in [0.2, 0.25) is 0 Å². The molecule has 0 saturated carbocycles. The lowest BCUT2D eigenvalue weighted by molar-refractivity contribution is -0.114. The average molecular weight is 268 g/mol. The summed E-state index contributed by atoms with van der Waals surface area (Å²) in [5.74, 6) is 0.179. The summed E-state index contributed by atoms with van der Waals surface area (Å²) in [5.41, 5.74) is 4.07. The highest BCUT2D eigenvalue weighted by atomic mass is 16.1. The van der Waals surface area contributed by atoms with Crippen molar-refractivity contribution in [3.8, 4) is 0 Å². The fraction of sp³-hybridized carbons (Fsp3) is 0.421. The first-order chi connectivity index (χ1) is 9.49. The Bertz CT molecular complexity index is 532. The predicted octanol–water partition coefficient (Wildman–Crippen LogP) is 4.88. The van der Waals surface area contributed by atoms with Crippen LogP contribution in [0.25, 0.3) is 0 Å². The number of carbonyl (C=O) groups excluding carboxylic acids is 1. The second-order valence-corrected chi connectivity index (χ2v) is 6.39. The van der Waals surface area contributed by atoms with Gasteiger partial charge < -0.3 is 0 Å². The second-order valence-electron chi connectivity index (χ2n) is 6.39. The van der Waals surface area contributed by atoms with Gasteiger partial charge in [-0.1, -0.05) is 55.8 Å². The summed E-state index contributed by atoms with van der Waals surface area (Å²) < 4.78 is 0. The van der Waals surface area contributed by atoms with Crippen molar-refractivity contribution in [3.05, 3.63) is 59.2 Å². The van der Waals surface area contributed by atoms with E-state index in [1.165, 1.54) is 24.0 Å². The normalized spacial score (nSPS) is 18.6. The van der Waals surface area contributed by atoms with Gasteiger partial charge in [0.2, 0.25) is 0 Å². The molecule has 0 radical (unpaired) electrons. The lowest BCUT2D eigenvalue weighted by atomic mass is 9.72. The molecule has 2 rings (SSSR count). The van der Waals surface area contributed by atoms with Gasteiger partial charge in [-0.05, 0) is 48.8 Å². The summed E-state index contributed by atoms with van der Waals surface area (Å²) >= 11 is 0. The maximum atomic E-state index is 12.1. The summed E-state index contributed by atoms with van der Waals surface area (Å²) in [4.78, 5) is 12.1. The highest BCUT2D eigenvalue weighted by Crippen LogP contribution is 2.40. The van der Waals surface area contributed by atoms with E-state index in [2.05, 4.69) is 26.8 Å². The number of benzene rings is 1. The number of allylic oxidation sites excluding steroid dienone is 4. The first-order valence-corrected chi connectivity index (χ1v) is 7.44. The van der Waals surface area contributed by atoms with E-state index in [0.717, 1.165) is 12.0 Å². The zero-order valence-electron chi connectivity index (χ0n) is 12.8. The molecule has 0 unspecified atom stereocenters. The van der Waals surface area contributed by atoms with Crippen LogP contribution in [0, 0.1) is 5.41 Å². The summed E-state index contributed by atoms with van der Waals surface area (Å²) in [7, 11) is 0. The molecule has 0 saturated heterocycles. The Morgan fingerprint density at radius 1 is 1.25 bits per heavy atom. The van der Waals surface area contributed by atoms with Gasteiger partial charge in [-0.25, -0.2) is 0 Å². The van der Waals surface area contributed by atoms with Crippen molar-refractivity contribution in [3.63, 3.8) is 0 Å². The number of rotatable bonds is 4. The predicted molar refractivity (Wildman–Crippen MR) is 84.6 cm³/mol. The lowest BCUT2D eigenvalue weighted by Gasteiger charge is -2.32. The van der Waals surface area contributed by atoms with Gasteiger partial charge >= 0.3 is 0 Å². The first-order valence-electron chi connectivity index (χ1n) is 7.44.